The van der Waals surface area contributed by atoms with E-state index in [0.717, 1.165) is 43.1 Å². The minimum atomic E-state index is -3.71. The van der Waals surface area contributed by atoms with Gasteiger partial charge >= 0.3 is 0 Å². The van der Waals surface area contributed by atoms with Gasteiger partial charge in [0.05, 0.1) is 4.90 Å². The number of benzene rings is 2. The van der Waals surface area contributed by atoms with Crippen molar-refractivity contribution in [3.8, 4) is 0 Å². The van der Waals surface area contributed by atoms with E-state index in [9.17, 15) is 18.0 Å². The molecule has 1 heterocycles. The standard InChI is InChI=1S/C40H52N2O8S/c1-27(2)21-36(38(44)41-34(14-13-28-9-5-3-6-10-28)17-20-51(45,46)35-11-7-4-8-12-35)42-37(43)31-15-18-39(19-16-31)47-49-40(50-48-39)32-23-29-22-30(25-32)26-33(40)24-29/h3-12,17,20,27,29-34,36H,13-16,18-19,21-26H2,1-2H3,(H,41,44)(H,42,43)/b20-17+/t29?,30?,31?,32?,33?,34-,36-,39?,40?/m0/s1. The zero-order valence-electron chi connectivity index (χ0n) is 29.7. The third kappa shape index (κ3) is 8.13. The lowest BCUT2D eigenvalue weighted by Crippen LogP contribution is -2.64. The molecular formula is C40H52N2O8S. The monoisotopic (exact) mass is 720 g/mol. The van der Waals surface area contributed by atoms with E-state index < -0.39 is 33.5 Å². The van der Waals surface area contributed by atoms with Crippen molar-refractivity contribution in [2.75, 3.05) is 0 Å². The summed E-state index contributed by atoms with van der Waals surface area (Å²) >= 11 is 0. The van der Waals surface area contributed by atoms with Gasteiger partial charge in [-0.25, -0.2) is 8.42 Å². The van der Waals surface area contributed by atoms with Gasteiger partial charge in [0, 0.05) is 42.0 Å². The maximum absolute atomic E-state index is 13.8. The number of hydrogen-bond donors (Lipinski definition) is 2. The lowest BCUT2D eigenvalue weighted by molar-refractivity contribution is -0.680. The first kappa shape index (κ1) is 36.3. The van der Waals surface area contributed by atoms with Gasteiger partial charge in [0.2, 0.25) is 23.4 Å². The van der Waals surface area contributed by atoms with Crippen molar-refractivity contribution in [2.45, 2.75) is 119 Å². The summed E-state index contributed by atoms with van der Waals surface area (Å²) in [5.41, 5.74) is 1.08. The molecule has 2 spiro atoms. The normalized spacial score (nSPS) is 32.7. The summed E-state index contributed by atoms with van der Waals surface area (Å²) in [5.74, 6) is -0.495. The number of carbonyl (C=O) groups is 2. The van der Waals surface area contributed by atoms with E-state index in [4.69, 9.17) is 19.6 Å². The summed E-state index contributed by atoms with van der Waals surface area (Å²) in [6.07, 6.45) is 10.7. The third-order valence-electron chi connectivity index (χ3n) is 11.9. The van der Waals surface area contributed by atoms with Gasteiger partial charge < -0.3 is 10.6 Å². The predicted octanol–water partition coefficient (Wildman–Crippen LogP) is 6.57. The molecule has 2 atom stereocenters. The first-order chi connectivity index (χ1) is 24.5. The summed E-state index contributed by atoms with van der Waals surface area (Å²) in [4.78, 5) is 52.2. The second-order valence-corrected chi connectivity index (χ2v) is 17.9. The van der Waals surface area contributed by atoms with Crippen LogP contribution in [-0.2, 0) is 45.4 Å². The Morgan fingerprint density at radius 2 is 1.41 bits per heavy atom. The Morgan fingerprint density at radius 3 is 2.00 bits per heavy atom. The van der Waals surface area contributed by atoms with Crippen molar-refractivity contribution in [2.24, 2.45) is 35.5 Å². The fourth-order valence-electron chi connectivity index (χ4n) is 9.26. The molecular weight excluding hydrogens is 669 g/mol. The SMILES string of the molecule is CC(C)C[C@H](NC(=O)C1CCC2(CC1)OOC1(OO2)C2CC3CC(C2)CC1C3)C(=O)N[C@H](/C=C/S(=O)(=O)c1ccccc1)CCc1ccccc1. The van der Waals surface area contributed by atoms with E-state index in [1.54, 1.807) is 36.4 Å². The molecule has 6 aliphatic rings. The van der Waals surface area contributed by atoms with Gasteiger partial charge in [-0.3, -0.25) is 9.59 Å². The van der Waals surface area contributed by atoms with Gasteiger partial charge in [0.25, 0.3) is 0 Å². The molecule has 8 rings (SSSR count). The van der Waals surface area contributed by atoms with Crippen LogP contribution in [0.3, 0.4) is 0 Å². The van der Waals surface area contributed by atoms with Gasteiger partial charge in [-0.2, -0.15) is 19.6 Å². The number of aryl methyl sites for hydroxylation is 1. The van der Waals surface area contributed by atoms with E-state index in [2.05, 4.69) is 10.6 Å². The van der Waals surface area contributed by atoms with E-state index in [1.807, 2.05) is 44.2 Å². The molecule has 5 aliphatic carbocycles. The van der Waals surface area contributed by atoms with Gasteiger partial charge in [-0.05, 0) is 99.7 Å². The molecule has 0 radical (unpaired) electrons. The predicted molar refractivity (Wildman–Crippen MR) is 190 cm³/mol. The Labute approximate surface area is 301 Å². The molecule has 0 unspecified atom stereocenters. The molecule has 276 valence electrons. The smallest absolute Gasteiger partial charge is 0.243 e. The van der Waals surface area contributed by atoms with E-state index >= 15 is 0 Å². The lowest BCUT2D eigenvalue weighted by Gasteiger charge is -2.60. The molecule has 51 heavy (non-hydrogen) atoms. The van der Waals surface area contributed by atoms with Gasteiger partial charge in [-0.15, -0.1) is 0 Å². The summed E-state index contributed by atoms with van der Waals surface area (Å²) in [6.45, 7) is 4.01. The average Bonchev–Trinajstić information content (AvgIpc) is 3.13. The number of hydrogen-bond acceptors (Lipinski definition) is 8. The zero-order valence-corrected chi connectivity index (χ0v) is 30.5. The lowest BCUT2D eigenvalue weighted by atomic mass is 9.53. The summed E-state index contributed by atoms with van der Waals surface area (Å²) in [7, 11) is -3.71. The number of amides is 2. The van der Waals surface area contributed by atoms with Crippen molar-refractivity contribution >= 4 is 21.7 Å². The van der Waals surface area contributed by atoms with Crippen molar-refractivity contribution in [1.82, 2.24) is 10.6 Å². The Balaban J connectivity index is 0.963. The molecule has 5 saturated carbocycles. The molecule has 11 heteroatoms. The first-order valence-electron chi connectivity index (χ1n) is 18.9. The molecule has 2 amide bonds. The van der Waals surface area contributed by atoms with Crippen LogP contribution in [0.4, 0.5) is 0 Å². The van der Waals surface area contributed by atoms with Crippen LogP contribution < -0.4 is 10.6 Å². The van der Waals surface area contributed by atoms with Crippen LogP contribution in [0.25, 0.3) is 0 Å². The molecule has 2 aromatic rings. The highest BCUT2D eigenvalue weighted by atomic mass is 32.2. The number of nitrogens with one attached hydrogen (secondary N) is 2. The largest absolute Gasteiger partial charge is 0.348 e. The fraction of sp³-hybridized carbons (Fsp3) is 0.600. The second-order valence-electron chi connectivity index (χ2n) is 16.1. The highest BCUT2D eigenvalue weighted by Gasteiger charge is 2.64. The third-order valence-corrected chi connectivity index (χ3v) is 13.3. The van der Waals surface area contributed by atoms with Crippen molar-refractivity contribution < 1.29 is 37.6 Å². The van der Waals surface area contributed by atoms with Gasteiger partial charge in [0.1, 0.15) is 6.04 Å². The molecule has 4 bridgehead atoms. The zero-order chi connectivity index (χ0) is 35.6. The maximum atomic E-state index is 13.8. The van der Waals surface area contributed by atoms with Crippen LogP contribution in [-0.4, -0.2) is 43.9 Å². The van der Waals surface area contributed by atoms with Crippen LogP contribution >= 0.6 is 0 Å². The first-order valence-corrected chi connectivity index (χ1v) is 20.4. The summed E-state index contributed by atoms with van der Waals surface area (Å²) < 4.78 is 26.1. The molecule has 10 nitrogen and oxygen atoms in total. The highest BCUT2D eigenvalue weighted by Crippen LogP contribution is 2.62. The van der Waals surface area contributed by atoms with Crippen molar-refractivity contribution in [1.29, 1.82) is 0 Å². The summed E-state index contributed by atoms with van der Waals surface area (Å²) in [6, 6.07) is 16.7. The minimum Gasteiger partial charge on any atom is -0.348 e. The topological polar surface area (TPSA) is 129 Å². The van der Waals surface area contributed by atoms with Gasteiger partial charge in [0.15, 0.2) is 9.84 Å². The summed E-state index contributed by atoms with van der Waals surface area (Å²) in [5, 5.41) is 7.24. The fourth-order valence-corrected chi connectivity index (χ4v) is 10.3. The number of carbonyl (C=O) groups excluding carboxylic acids is 2. The Morgan fingerprint density at radius 1 is 0.824 bits per heavy atom. The van der Waals surface area contributed by atoms with E-state index in [1.165, 1.54) is 11.8 Å². The Bertz CT molecular complexity index is 1620. The molecule has 1 aliphatic heterocycles. The van der Waals surface area contributed by atoms with Gasteiger partial charge in [-0.1, -0.05) is 68.5 Å². The Hall–Kier alpha value is -3.09. The van der Waals surface area contributed by atoms with Crippen LogP contribution in [0.15, 0.2) is 77.0 Å². The Kier molecular flexibility index (Phi) is 10.7. The van der Waals surface area contributed by atoms with Crippen LogP contribution in [0.5, 0.6) is 0 Å². The number of rotatable bonds is 12. The maximum Gasteiger partial charge on any atom is 0.243 e. The van der Waals surface area contributed by atoms with Crippen LogP contribution in [0.1, 0.15) is 90.0 Å². The van der Waals surface area contributed by atoms with Crippen LogP contribution in [0, 0.1) is 35.5 Å². The van der Waals surface area contributed by atoms with Crippen LogP contribution in [0.2, 0.25) is 0 Å². The molecule has 6 fully saturated rings. The molecule has 1 saturated heterocycles. The van der Waals surface area contributed by atoms with E-state index in [-0.39, 0.29) is 28.5 Å². The highest BCUT2D eigenvalue weighted by molar-refractivity contribution is 7.94. The van der Waals surface area contributed by atoms with Crippen molar-refractivity contribution in [3.05, 3.63) is 77.7 Å². The molecule has 2 N–H and O–H groups in total. The minimum absolute atomic E-state index is 0.128. The van der Waals surface area contributed by atoms with E-state index in [0.29, 0.717) is 56.8 Å². The average molecular weight is 721 g/mol. The van der Waals surface area contributed by atoms with Crippen molar-refractivity contribution in [3.63, 3.8) is 0 Å². The molecule has 0 aromatic heterocycles. The molecule has 2 aromatic carbocycles. The second kappa shape index (κ2) is 15.1. The quantitative estimate of drug-likeness (QED) is 0.236. The number of sulfone groups is 1.